The molecule has 8 rings (SSSR count). The molecule has 12 heteroatoms. The van der Waals surface area contributed by atoms with E-state index in [4.69, 9.17) is 20.7 Å². The van der Waals surface area contributed by atoms with Gasteiger partial charge in [0.15, 0.2) is 0 Å². The summed E-state index contributed by atoms with van der Waals surface area (Å²) in [5, 5.41) is 30.0. The number of thiocarbonyl (C=S) groups is 1. The van der Waals surface area contributed by atoms with Crippen molar-refractivity contribution in [1.82, 2.24) is 39.3 Å². The fraction of sp³-hybridized carbons (Fsp3) is 0. The third-order valence-electron chi connectivity index (χ3n) is 7.59. The van der Waals surface area contributed by atoms with E-state index in [0.717, 1.165) is 39.5 Å². The summed E-state index contributed by atoms with van der Waals surface area (Å²) in [4.78, 5) is 0. The van der Waals surface area contributed by atoms with Crippen molar-refractivity contribution in [3.8, 4) is 45.0 Å². The molecule has 8 aromatic rings. The van der Waals surface area contributed by atoms with Crippen molar-refractivity contribution >= 4 is 24.5 Å². The second-order valence-corrected chi connectivity index (χ2v) is 10.9. The number of benzene rings is 4. The quantitative estimate of drug-likeness (QED) is 0.104. The predicted molar refractivity (Wildman–Crippen MR) is 196 cm³/mol. The van der Waals surface area contributed by atoms with E-state index in [1.807, 2.05) is 142 Å². The Morgan fingerprint density at radius 2 is 0.837 bits per heavy atom. The largest absolute Gasteiger partial charge is 2.00 e. The molecular formula is C37H30BCuN9S. The zero-order chi connectivity index (χ0) is 33.0. The first kappa shape index (κ1) is 34.4. The molecule has 0 unspecified atom stereocenters. The Morgan fingerprint density at radius 3 is 1.14 bits per heavy atom. The first-order valence-electron chi connectivity index (χ1n) is 15.3. The van der Waals surface area contributed by atoms with Gasteiger partial charge in [0.2, 0.25) is 0 Å². The van der Waals surface area contributed by atoms with Gasteiger partial charge in [0, 0.05) is 22.9 Å². The van der Waals surface area contributed by atoms with Gasteiger partial charge in [0.1, 0.15) is 0 Å². The first-order chi connectivity index (χ1) is 23.7. The van der Waals surface area contributed by atoms with E-state index in [1.54, 1.807) is 6.20 Å². The maximum atomic E-state index is 7.13. The standard InChI is InChI=1S/C27H22BN6.C9H8N2.CNS.Cu/c1-4-10-22(11-5-1)25-16-19-32(29-25)28(33-20-17-26(30-33)23-12-6-2-7-13-23)34-21-18-27(31-34)24-14-8-3-9-15-24;1-2-4-8(5-3-1)9-6-7-10-11-9;2-1-3;/h1-21,28H;1-7H,(H,10,11);;/q-1;;-1;+2. The van der Waals surface area contributed by atoms with Crippen LogP contribution >= 0.6 is 12.2 Å². The molecule has 0 saturated carbocycles. The zero-order valence-electron chi connectivity index (χ0n) is 26.2. The Hall–Kier alpha value is -5.90. The summed E-state index contributed by atoms with van der Waals surface area (Å²) in [6.07, 6.45) is 7.78. The molecular weight excluding hydrogens is 677 g/mol. The van der Waals surface area contributed by atoms with Crippen molar-refractivity contribution in [2.45, 2.75) is 0 Å². The van der Waals surface area contributed by atoms with Gasteiger partial charge in [-0.2, -0.15) is 10.3 Å². The van der Waals surface area contributed by atoms with E-state index >= 15 is 0 Å². The number of aromatic nitrogens is 8. The van der Waals surface area contributed by atoms with E-state index < -0.39 is 7.12 Å². The van der Waals surface area contributed by atoms with Gasteiger partial charge in [0.25, 0.3) is 0 Å². The molecule has 0 saturated heterocycles. The third kappa shape index (κ3) is 8.72. The summed E-state index contributed by atoms with van der Waals surface area (Å²) >= 11 is 3.70. The maximum Gasteiger partial charge on any atom is 2.00 e. The smallest absolute Gasteiger partial charge is 0.753 e. The molecule has 9 nitrogen and oxygen atoms in total. The van der Waals surface area contributed by atoms with Crippen molar-refractivity contribution in [3.63, 3.8) is 0 Å². The van der Waals surface area contributed by atoms with Crippen LogP contribution in [0.5, 0.6) is 0 Å². The Morgan fingerprint density at radius 1 is 0.510 bits per heavy atom. The van der Waals surface area contributed by atoms with Crippen molar-refractivity contribution < 1.29 is 17.1 Å². The summed E-state index contributed by atoms with van der Waals surface area (Å²) in [6, 6.07) is 48.8. The van der Waals surface area contributed by atoms with Gasteiger partial charge in [-0.25, -0.2) is 15.3 Å². The monoisotopic (exact) mass is 706 g/mol. The van der Waals surface area contributed by atoms with Crippen LogP contribution in [0.2, 0.25) is 0 Å². The molecule has 0 bridgehead atoms. The van der Waals surface area contributed by atoms with Crippen LogP contribution in [0.15, 0.2) is 170 Å². The molecule has 0 aliphatic rings. The summed E-state index contributed by atoms with van der Waals surface area (Å²) in [6.45, 7) is 0. The van der Waals surface area contributed by atoms with E-state index in [9.17, 15) is 0 Å². The minimum absolute atomic E-state index is 0. The fourth-order valence-corrected chi connectivity index (χ4v) is 5.33. The number of H-pyrrole nitrogens is 1. The van der Waals surface area contributed by atoms with Gasteiger partial charge in [-0.05, 0) is 48.4 Å². The minimum Gasteiger partial charge on any atom is -0.753 e. The van der Waals surface area contributed by atoms with Crippen LogP contribution in [-0.2, 0) is 17.1 Å². The zero-order valence-corrected chi connectivity index (χ0v) is 27.9. The number of rotatable bonds is 7. The SMILES string of the molecule is [Cu+2].[N-]=C=S.c1ccc(-c2ccn([BH-](n3ccc(-c4ccccc4)n3)n3ccc(-c4ccccc4)n3)n2)cc1.c1ccc(-c2ccn[nH]2)cc1. The molecule has 1 radical (unpaired) electrons. The molecule has 49 heavy (non-hydrogen) atoms. The minimum atomic E-state index is -1.48. The van der Waals surface area contributed by atoms with Gasteiger partial charge in [0.05, 0.1) is 22.8 Å². The van der Waals surface area contributed by atoms with Gasteiger partial charge < -0.3 is 19.2 Å². The van der Waals surface area contributed by atoms with Gasteiger partial charge in [-0.3, -0.25) is 5.10 Å². The molecule has 4 aromatic carbocycles. The molecule has 1 N–H and O–H groups in total. The molecule has 0 amide bonds. The summed E-state index contributed by atoms with van der Waals surface area (Å²) in [7, 11) is -1.48. The van der Waals surface area contributed by atoms with Gasteiger partial charge >= 0.3 is 24.2 Å². The van der Waals surface area contributed by atoms with Crippen LogP contribution in [0.25, 0.3) is 50.4 Å². The van der Waals surface area contributed by atoms with Crippen LogP contribution < -0.4 is 0 Å². The number of nitrogens with one attached hydrogen (secondary N) is 1. The Balaban J connectivity index is 0.000000261. The van der Waals surface area contributed by atoms with Crippen molar-refractivity contribution in [1.29, 1.82) is 0 Å². The van der Waals surface area contributed by atoms with Crippen LogP contribution in [0.1, 0.15) is 0 Å². The second kappa shape index (κ2) is 17.3. The maximum absolute atomic E-state index is 7.13. The Kier molecular flexibility index (Phi) is 12.2. The van der Waals surface area contributed by atoms with Gasteiger partial charge in [-0.1, -0.05) is 134 Å². The molecule has 0 spiro atoms. The van der Waals surface area contributed by atoms with Gasteiger partial charge in [-0.15, -0.1) is 0 Å². The Bertz CT molecular complexity index is 1980. The van der Waals surface area contributed by atoms with Crippen molar-refractivity contribution in [2.24, 2.45) is 0 Å². The van der Waals surface area contributed by atoms with Crippen LogP contribution in [0, 0.1) is 0 Å². The molecule has 0 aliphatic heterocycles. The van der Waals surface area contributed by atoms with Crippen molar-refractivity contribution in [3.05, 3.63) is 176 Å². The Labute approximate surface area is 300 Å². The van der Waals surface area contributed by atoms with Crippen LogP contribution in [0.4, 0.5) is 0 Å². The number of isothiocyanates is 1. The third-order valence-corrected chi connectivity index (χ3v) is 7.59. The summed E-state index contributed by atoms with van der Waals surface area (Å²) in [5.74, 6) is 0. The average molecular weight is 707 g/mol. The first-order valence-corrected chi connectivity index (χ1v) is 15.7. The second-order valence-electron chi connectivity index (χ2n) is 10.7. The van der Waals surface area contributed by atoms with Crippen molar-refractivity contribution in [2.75, 3.05) is 0 Å². The number of hydrogen-bond donors (Lipinski definition) is 1. The van der Waals surface area contributed by atoms with Crippen LogP contribution in [-0.4, -0.2) is 51.6 Å². The summed E-state index contributed by atoms with van der Waals surface area (Å²) in [5.41, 5.74) is 8.23. The molecule has 0 atom stereocenters. The van der Waals surface area contributed by atoms with E-state index in [2.05, 4.69) is 58.8 Å². The predicted octanol–water partition coefficient (Wildman–Crippen LogP) is 7.67. The van der Waals surface area contributed by atoms with E-state index in [0.29, 0.717) is 0 Å². The molecule has 0 aliphatic carbocycles. The number of nitrogens with zero attached hydrogens (tertiary/aromatic N) is 8. The van der Waals surface area contributed by atoms with Crippen LogP contribution in [0.3, 0.4) is 0 Å². The molecule has 243 valence electrons. The van der Waals surface area contributed by atoms with E-state index in [1.165, 1.54) is 10.7 Å². The topological polar surface area (TPSA) is 104 Å². The molecule has 4 aromatic heterocycles. The molecule has 0 fully saturated rings. The average Bonchev–Trinajstić information content (AvgIpc) is 4.00. The summed E-state index contributed by atoms with van der Waals surface area (Å²) < 4.78 is 5.93. The number of aromatic amines is 1. The number of hydrogen-bond acceptors (Lipinski definition) is 5. The normalized spacial score (nSPS) is 10.1. The molecule has 4 heterocycles. The fourth-order valence-electron chi connectivity index (χ4n) is 5.33. The van der Waals surface area contributed by atoms with E-state index in [-0.39, 0.29) is 17.1 Å².